The zero-order valence-electron chi connectivity index (χ0n) is 11.9. The molecule has 2 aliphatic rings. The second kappa shape index (κ2) is 5.66. The van der Waals surface area contributed by atoms with Crippen LogP contribution in [0.5, 0.6) is 0 Å². The van der Waals surface area contributed by atoms with Gasteiger partial charge in [0, 0.05) is 24.8 Å². The highest BCUT2D eigenvalue weighted by molar-refractivity contribution is 7.80. The first-order valence-corrected chi connectivity index (χ1v) is 7.83. The van der Waals surface area contributed by atoms with E-state index in [0.717, 1.165) is 16.9 Å². The third-order valence-electron chi connectivity index (χ3n) is 4.58. The highest BCUT2D eigenvalue weighted by Crippen LogP contribution is 2.30. The number of hydrogen-bond donors (Lipinski definition) is 2. The number of aromatic nitrogens is 1. The molecule has 1 aromatic rings. The number of hydrogen-bond acceptors (Lipinski definition) is 4. The van der Waals surface area contributed by atoms with Crippen molar-refractivity contribution in [2.75, 3.05) is 18.4 Å². The van der Waals surface area contributed by atoms with Gasteiger partial charge in [-0.3, -0.25) is 4.90 Å². The molecule has 2 unspecified atom stereocenters. The van der Waals surface area contributed by atoms with Crippen LogP contribution in [0, 0.1) is 6.92 Å². The van der Waals surface area contributed by atoms with Crippen LogP contribution in [-0.4, -0.2) is 40.0 Å². The van der Waals surface area contributed by atoms with Crippen LogP contribution in [-0.2, 0) is 0 Å². The molecule has 20 heavy (non-hydrogen) atoms. The van der Waals surface area contributed by atoms with Crippen LogP contribution in [0.1, 0.15) is 36.8 Å². The highest BCUT2D eigenvalue weighted by Gasteiger charge is 2.35. The fourth-order valence-electron chi connectivity index (χ4n) is 3.57. The van der Waals surface area contributed by atoms with E-state index in [4.69, 9.17) is 18.0 Å². The van der Waals surface area contributed by atoms with Crippen LogP contribution < -0.4 is 11.1 Å². The summed E-state index contributed by atoms with van der Waals surface area (Å²) in [4.78, 5) is 7.50. The molecule has 0 amide bonds. The van der Waals surface area contributed by atoms with E-state index in [1.54, 1.807) is 0 Å². The van der Waals surface area contributed by atoms with E-state index in [1.807, 2.05) is 19.2 Å². The van der Waals surface area contributed by atoms with Crippen molar-refractivity contribution in [3.8, 4) is 0 Å². The Kier molecular flexibility index (Phi) is 3.89. The number of nitrogens with two attached hydrogens (primary N) is 1. The van der Waals surface area contributed by atoms with Crippen molar-refractivity contribution < 1.29 is 0 Å². The van der Waals surface area contributed by atoms with Gasteiger partial charge in [-0.15, -0.1) is 0 Å². The number of anilines is 1. The van der Waals surface area contributed by atoms with Crippen molar-refractivity contribution >= 4 is 23.0 Å². The van der Waals surface area contributed by atoms with Gasteiger partial charge >= 0.3 is 0 Å². The summed E-state index contributed by atoms with van der Waals surface area (Å²) >= 11 is 5.18. The van der Waals surface area contributed by atoms with Crippen molar-refractivity contribution in [3.05, 3.63) is 23.4 Å². The molecular weight excluding hydrogens is 268 g/mol. The summed E-state index contributed by atoms with van der Waals surface area (Å²) in [5.41, 5.74) is 7.85. The predicted molar refractivity (Wildman–Crippen MR) is 86.1 cm³/mol. The van der Waals surface area contributed by atoms with Gasteiger partial charge in [-0.05, 0) is 44.4 Å². The summed E-state index contributed by atoms with van der Waals surface area (Å²) in [7, 11) is 0. The number of piperidine rings is 1. The quantitative estimate of drug-likeness (QED) is 0.835. The lowest BCUT2D eigenvalue weighted by molar-refractivity contribution is 0.192. The van der Waals surface area contributed by atoms with Crippen LogP contribution in [0.4, 0.5) is 5.82 Å². The van der Waals surface area contributed by atoms with Gasteiger partial charge in [0.1, 0.15) is 10.8 Å². The van der Waals surface area contributed by atoms with E-state index in [9.17, 15) is 0 Å². The van der Waals surface area contributed by atoms with E-state index in [-0.39, 0.29) is 0 Å². The summed E-state index contributed by atoms with van der Waals surface area (Å²) in [6.07, 6.45) is 6.96. The Hall–Kier alpha value is -1.20. The number of nitrogens with zero attached hydrogens (tertiary/aromatic N) is 2. The summed E-state index contributed by atoms with van der Waals surface area (Å²) in [6.45, 7) is 4.46. The van der Waals surface area contributed by atoms with E-state index in [0.29, 0.717) is 17.1 Å². The molecule has 108 valence electrons. The first-order chi connectivity index (χ1) is 9.66. The van der Waals surface area contributed by atoms with E-state index < -0.39 is 0 Å². The Morgan fingerprint density at radius 2 is 2.25 bits per heavy atom. The molecule has 0 saturated carbocycles. The lowest BCUT2D eigenvalue weighted by Gasteiger charge is -2.33. The molecule has 3 N–H and O–H groups in total. The van der Waals surface area contributed by atoms with Gasteiger partial charge in [0.05, 0.1) is 5.56 Å². The molecule has 0 aromatic carbocycles. The fraction of sp³-hybridized carbons (Fsp3) is 0.600. The van der Waals surface area contributed by atoms with Crippen molar-refractivity contribution in [2.45, 2.75) is 44.7 Å². The van der Waals surface area contributed by atoms with Crippen LogP contribution in [0.15, 0.2) is 12.3 Å². The molecule has 0 radical (unpaired) electrons. The molecule has 4 nitrogen and oxygen atoms in total. The van der Waals surface area contributed by atoms with Gasteiger partial charge in [0.2, 0.25) is 0 Å². The normalized spacial score (nSPS) is 26.2. The predicted octanol–water partition coefficient (Wildman–Crippen LogP) is 2.06. The molecule has 3 rings (SSSR count). The van der Waals surface area contributed by atoms with Crippen LogP contribution in [0.3, 0.4) is 0 Å². The number of aryl methyl sites for hydroxylation is 1. The Morgan fingerprint density at radius 1 is 1.40 bits per heavy atom. The number of fused-ring (bicyclic) bond motifs is 1. The molecule has 1 aromatic heterocycles. The smallest absolute Gasteiger partial charge is 0.136 e. The Morgan fingerprint density at radius 3 is 3.05 bits per heavy atom. The monoisotopic (exact) mass is 290 g/mol. The zero-order chi connectivity index (χ0) is 14.1. The molecule has 0 spiro atoms. The molecule has 2 atom stereocenters. The third kappa shape index (κ3) is 2.52. The maximum Gasteiger partial charge on any atom is 0.136 e. The first-order valence-electron chi connectivity index (χ1n) is 7.43. The molecule has 3 heterocycles. The van der Waals surface area contributed by atoms with Gasteiger partial charge < -0.3 is 11.1 Å². The second-order valence-electron chi connectivity index (χ2n) is 5.85. The Balaban J connectivity index is 1.81. The third-order valence-corrected chi connectivity index (χ3v) is 4.79. The lowest BCUT2D eigenvalue weighted by Crippen LogP contribution is -2.42. The molecule has 0 aliphatic carbocycles. The summed E-state index contributed by atoms with van der Waals surface area (Å²) in [6, 6.07) is 3.07. The number of thiocarbonyl (C=S) groups is 1. The van der Waals surface area contributed by atoms with Crippen molar-refractivity contribution in [3.63, 3.8) is 0 Å². The minimum atomic E-state index is 0.427. The summed E-state index contributed by atoms with van der Waals surface area (Å²) < 4.78 is 0. The number of pyridine rings is 1. The second-order valence-corrected chi connectivity index (χ2v) is 6.29. The average molecular weight is 290 g/mol. The zero-order valence-corrected chi connectivity index (χ0v) is 12.7. The van der Waals surface area contributed by atoms with Gasteiger partial charge in [-0.2, -0.15) is 0 Å². The average Bonchev–Trinajstić information content (AvgIpc) is 2.82. The lowest BCUT2D eigenvalue weighted by atomic mass is 9.98. The van der Waals surface area contributed by atoms with Crippen molar-refractivity contribution in [1.29, 1.82) is 0 Å². The Bertz CT molecular complexity index is 517. The van der Waals surface area contributed by atoms with Crippen LogP contribution >= 0.6 is 12.2 Å². The summed E-state index contributed by atoms with van der Waals surface area (Å²) in [5.74, 6) is 0.856. The van der Waals surface area contributed by atoms with Gasteiger partial charge in [0.25, 0.3) is 0 Å². The van der Waals surface area contributed by atoms with Crippen molar-refractivity contribution in [2.24, 2.45) is 5.73 Å². The van der Waals surface area contributed by atoms with E-state index in [2.05, 4.69) is 15.2 Å². The highest BCUT2D eigenvalue weighted by atomic mass is 32.1. The fourth-order valence-corrected chi connectivity index (χ4v) is 3.83. The van der Waals surface area contributed by atoms with Gasteiger partial charge in [0.15, 0.2) is 0 Å². The molecule has 2 aliphatic heterocycles. The maximum atomic E-state index is 5.86. The van der Waals surface area contributed by atoms with Crippen LogP contribution in [0.25, 0.3) is 0 Å². The maximum absolute atomic E-state index is 5.86. The minimum absolute atomic E-state index is 0.427. The van der Waals surface area contributed by atoms with E-state index in [1.165, 1.54) is 38.8 Å². The minimum Gasteiger partial charge on any atom is -0.389 e. The number of nitrogens with one attached hydrogen (secondary N) is 1. The van der Waals surface area contributed by atoms with Crippen molar-refractivity contribution in [1.82, 2.24) is 9.88 Å². The largest absolute Gasteiger partial charge is 0.389 e. The Labute approximate surface area is 125 Å². The summed E-state index contributed by atoms with van der Waals surface area (Å²) in [5, 5.41) is 3.61. The standard InChI is InChI=1S/C15H22N4S/c1-10-5-7-17-15(13(10)14(16)20)18-11-6-9-19-8-3-2-4-12(11)19/h5,7,11-12H,2-4,6,8-9H2,1H3,(H2,16,20)(H,17,18). The topological polar surface area (TPSA) is 54.2 Å². The van der Waals surface area contributed by atoms with Gasteiger partial charge in [-0.25, -0.2) is 4.98 Å². The SMILES string of the molecule is Cc1ccnc(NC2CCN3CCCCC23)c1C(N)=S. The number of rotatable bonds is 3. The van der Waals surface area contributed by atoms with Gasteiger partial charge in [-0.1, -0.05) is 18.6 Å². The van der Waals surface area contributed by atoms with E-state index >= 15 is 0 Å². The molecule has 5 heteroatoms. The first kappa shape index (κ1) is 13.8. The molecular formula is C15H22N4S. The molecule has 2 saturated heterocycles. The molecule has 2 fully saturated rings. The molecule has 0 bridgehead atoms. The van der Waals surface area contributed by atoms with Crippen LogP contribution in [0.2, 0.25) is 0 Å².